The molecule has 0 fully saturated rings. The molecule has 0 rings (SSSR count). The van der Waals surface area contributed by atoms with E-state index in [-0.39, 0.29) is 31.1 Å². The molecule has 1 unspecified atom stereocenters. The summed E-state index contributed by atoms with van der Waals surface area (Å²) in [4.78, 5) is 38.4. The second-order valence-corrected chi connectivity index (χ2v) is 24.1. The number of rotatable bonds is 66. The van der Waals surface area contributed by atoms with Gasteiger partial charge in [-0.1, -0.05) is 333 Å². The monoisotopic (exact) mass is 1110 g/mol. The minimum absolute atomic E-state index is 0.0711. The molecular formula is C73H136O6. The number of esters is 3. The first-order valence-electron chi connectivity index (χ1n) is 35.5. The highest BCUT2D eigenvalue weighted by Crippen LogP contribution is 2.18. The van der Waals surface area contributed by atoms with Crippen LogP contribution in [0.4, 0.5) is 0 Å². The van der Waals surface area contributed by atoms with Crippen molar-refractivity contribution in [2.75, 3.05) is 13.2 Å². The lowest BCUT2D eigenvalue weighted by atomic mass is 10.0. The standard InChI is InChI=1S/C73H136O6/c1-4-7-10-13-16-19-22-25-28-30-31-32-33-34-35-36-37-38-39-40-41-43-45-48-51-54-57-60-63-66-72(75)78-69-70(68-77-71(74)65-62-59-56-53-50-47-44-27-24-21-18-15-12-9-6-3)79-73(76)67-64-61-58-55-52-49-46-42-29-26-23-20-17-14-11-8-5-2/h18,21,27,30-31,44,70H,4-17,19-20,22-26,28-29,32-43,45-69H2,1-3H3/b21-18-,31-30-,44-27-. The fourth-order valence-corrected chi connectivity index (χ4v) is 10.8. The van der Waals surface area contributed by atoms with Crippen molar-refractivity contribution < 1.29 is 28.6 Å². The van der Waals surface area contributed by atoms with Gasteiger partial charge in [0.05, 0.1) is 0 Å². The van der Waals surface area contributed by atoms with Gasteiger partial charge in [-0.3, -0.25) is 14.4 Å². The van der Waals surface area contributed by atoms with Crippen LogP contribution in [0.15, 0.2) is 36.5 Å². The quantitative estimate of drug-likeness (QED) is 0.0261. The number of unbranched alkanes of at least 4 members (excludes halogenated alkanes) is 49. The molecule has 0 aliphatic heterocycles. The van der Waals surface area contributed by atoms with Gasteiger partial charge >= 0.3 is 17.9 Å². The zero-order valence-electron chi connectivity index (χ0n) is 53.4. The van der Waals surface area contributed by atoms with E-state index < -0.39 is 6.10 Å². The molecule has 0 saturated heterocycles. The molecule has 0 aromatic rings. The van der Waals surface area contributed by atoms with Gasteiger partial charge < -0.3 is 14.2 Å². The lowest BCUT2D eigenvalue weighted by Gasteiger charge is -2.18. The van der Waals surface area contributed by atoms with Crippen LogP contribution in [0, 0.1) is 0 Å². The zero-order valence-corrected chi connectivity index (χ0v) is 53.4. The molecule has 0 bridgehead atoms. The fraction of sp³-hybridized carbons (Fsp3) is 0.877. The van der Waals surface area contributed by atoms with Crippen molar-refractivity contribution in [1.82, 2.24) is 0 Å². The summed E-state index contributed by atoms with van der Waals surface area (Å²) >= 11 is 0. The fourth-order valence-electron chi connectivity index (χ4n) is 10.8. The van der Waals surface area contributed by atoms with Crippen molar-refractivity contribution in [3.8, 4) is 0 Å². The number of carbonyl (C=O) groups excluding carboxylic acids is 3. The van der Waals surface area contributed by atoms with Crippen LogP contribution in [0.25, 0.3) is 0 Å². The van der Waals surface area contributed by atoms with Gasteiger partial charge in [-0.05, 0) is 77.0 Å². The highest BCUT2D eigenvalue weighted by molar-refractivity contribution is 5.71. The molecule has 79 heavy (non-hydrogen) atoms. The molecule has 1 atom stereocenters. The summed E-state index contributed by atoms with van der Waals surface area (Å²) in [5.41, 5.74) is 0. The molecule has 0 spiro atoms. The molecule has 0 amide bonds. The average molecular weight is 1110 g/mol. The van der Waals surface area contributed by atoms with E-state index in [9.17, 15) is 14.4 Å². The Morgan fingerprint density at radius 1 is 0.253 bits per heavy atom. The number of carbonyl (C=O) groups is 3. The van der Waals surface area contributed by atoms with Crippen molar-refractivity contribution in [2.45, 2.75) is 399 Å². The summed E-state index contributed by atoms with van der Waals surface area (Å²) in [6.07, 6.45) is 84.6. The van der Waals surface area contributed by atoms with Crippen LogP contribution < -0.4 is 0 Å². The molecule has 0 heterocycles. The van der Waals surface area contributed by atoms with Crippen molar-refractivity contribution in [3.05, 3.63) is 36.5 Å². The Hall–Kier alpha value is -2.37. The van der Waals surface area contributed by atoms with Crippen LogP contribution >= 0.6 is 0 Å². The predicted molar refractivity (Wildman–Crippen MR) is 344 cm³/mol. The van der Waals surface area contributed by atoms with Crippen LogP contribution in [0.1, 0.15) is 393 Å². The summed E-state index contributed by atoms with van der Waals surface area (Å²) in [7, 11) is 0. The van der Waals surface area contributed by atoms with Crippen LogP contribution in [-0.4, -0.2) is 37.2 Å². The van der Waals surface area contributed by atoms with Crippen molar-refractivity contribution in [2.24, 2.45) is 0 Å². The minimum Gasteiger partial charge on any atom is -0.462 e. The largest absolute Gasteiger partial charge is 0.462 e. The Morgan fingerprint density at radius 2 is 0.456 bits per heavy atom. The molecule has 0 aromatic heterocycles. The molecule has 0 aromatic carbocycles. The van der Waals surface area contributed by atoms with E-state index in [2.05, 4.69) is 57.2 Å². The third kappa shape index (κ3) is 66.3. The normalized spacial score (nSPS) is 12.2. The van der Waals surface area contributed by atoms with Crippen LogP contribution in [-0.2, 0) is 28.6 Å². The summed E-state index contributed by atoms with van der Waals surface area (Å²) < 4.78 is 17.0. The van der Waals surface area contributed by atoms with Crippen LogP contribution in [0.2, 0.25) is 0 Å². The topological polar surface area (TPSA) is 78.9 Å². The van der Waals surface area contributed by atoms with Gasteiger partial charge in [0, 0.05) is 19.3 Å². The molecule has 0 radical (unpaired) electrons. The van der Waals surface area contributed by atoms with Gasteiger partial charge in [-0.15, -0.1) is 0 Å². The molecule has 0 N–H and O–H groups in total. The second-order valence-electron chi connectivity index (χ2n) is 24.1. The first kappa shape index (κ1) is 76.6. The lowest BCUT2D eigenvalue weighted by molar-refractivity contribution is -0.167. The van der Waals surface area contributed by atoms with Gasteiger partial charge in [0.15, 0.2) is 6.10 Å². The Kier molecular flexibility index (Phi) is 66.1. The average Bonchev–Trinajstić information content (AvgIpc) is 3.45. The summed E-state index contributed by atoms with van der Waals surface area (Å²) in [5, 5.41) is 0. The highest BCUT2D eigenvalue weighted by atomic mass is 16.6. The summed E-state index contributed by atoms with van der Waals surface area (Å²) in [6.45, 7) is 6.68. The highest BCUT2D eigenvalue weighted by Gasteiger charge is 2.19. The van der Waals surface area contributed by atoms with Gasteiger partial charge in [0.2, 0.25) is 0 Å². The number of ether oxygens (including phenoxy) is 3. The van der Waals surface area contributed by atoms with Crippen molar-refractivity contribution in [3.63, 3.8) is 0 Å². The van der Waals surface area contributed by atoms with Gasteiger partial charge in [0.25, 0.3) is 0 Å². The van der Waals surface area contributed by atoms with E-state index in [1.807, 2.05) is 0 Å². The second kappa shape index (κ2) is 68.1. The Balaban J connectivity index is 4.20. The van der Waals surface area contributed by atoms with E-state index in [4.69, 9.17) is 14.2 Å². The first-order valence-corrected chi connectivity index (χ1v) is 35.5. The molecule has 0 aliphatic rings. The molecule has 6 nitrogen and oxygen atoms in total. The molecule has 0 saturated carbocycles. The van der Waals surface area contributed by atoms with E-state index in [1.165, 1.54) is 276 Å². The third-order valence-corrected chi connectivity index (χ3v) is 16.1. The molecule has 464 valence electrons. The maximum atomic E-state index is 12.9. The van der Waals surface area contributed by atoms with E-state index >= 15 is 0 Å². The lowest BCUT2D eigenvalue weighted by Crippen LogP contribution is -2.30. The first-order chi connectivity index (χ1) is 39.0. The maximum Gasteiger partial charge on any atom is 0.306 e. The molecular weight excluding hydrogens is 973 g/mol. The third-order valence-electron chi connectivity index (χ3n) is 16.1. The van der Waals surface area contributed by atoms with Gasteiger partial charge in [0.1, 0.15) is 13.2 Å². The van der Waals surface area contributed by atoms with E-state index in [0.717, 1.165) is 77.0 Å². The summed E-state index contributed by atoms with van der Waals surface area (Å²) in [5.74, 6) is -0.856. The zero-order chi connectivity index (χ0) is 57.1. The van der Waals surface area contributed by atoms with Crippen LogP contribution in [0.3, 0.4) is 0 Å². The van der Waals surface area contributed by atoms with Gasteiger partial charge in [-0.2, -0.15) is 0 Å². The number of hydrogen-bond acceptors (Lipinski definition) is 6. The van der Waals surface area contributed by atoms with E-state index in [1.54, 1.807) is 0 Å². The van der Waals surface area contributed by atoms with Crippen molar-refractivity contribution in [1.29, 1.82) is 0 Å². The molecule has 6 heteroatoms. The Bertz CT molecular complexity index is 1320. The van der Waals surface area contributed by atoms with Crippen LogP contribution in [0.5, 0.6) is 0 Å². The number of allylic oxidation sites excluding steroid dienone is 6. The number of hydrogen-bond donors (Lipinski definition) is 0. The Labute approximate surface area is 493 Å². The smallest absolute Gasteiger partial charge is 0.306 e. The minimum atomic E-state index is -0.775. The summed E-state index contributed by atoms with van der Waals surface area (Å²) in [6, 6.07) is 0. The van der Waals surface area contributed by atoms with E-state index in [0.29, 0.717) is 19.3 Å². The predicted octanol–water partition coefficient (Wildman–Crippen LogP) is 24.3. The maximum absolute atomic E-state index is 12.9. The molecule has 0 aliphatic carbocycles. The van der Waals surface area contributed by atoms with Gasteiger partial charge in [-0.25, -0.2) is 0 Å². The SMILES string of the molecule is CCCCC/C=C\C/C=C\CCCCCCCC(=O)OCC(COC(=O)CCCCCCCCCCCCCCCCCCC/C=C\CCCCCCCCCC)OC(=O)CCCCCCCCCCCCCCCCCCC. The van der Waals surface area contributed by atoms with Crippen molar-refractivity contribution >= 4 is 17.9 Å². The Morgan fingerprint density at radius 3 is 0.734 bits per heavy atom.